The maximum absolute atomic E-state index is 12.1. The van der Waals surface area contributed by atoms with Gasteiger partial charge in [-0.3, -0.25) is 9.69 Å². The van der Waals surface area contributed by atoms with Gasteiger partial charge in [-0.05, 0) is 17.8 Å². The predicted octanol–water partition coefficient (Wildman–Crippen LogP) is 2.19. The average Bonchev–Trinajstić information content (AvgIpc) is 2.68. The minimum atomic E-state index is -0.207. The number of hydrogen-bond donors (Lipinski definition) is 1. The van der Waals surface area contributed by atoms with E-state index in [4.69, 9.17) is 12.2 Å². The first kappa shape index (κ1) is 14.1. The van der Waals surface area contributed by atoms with Crippen molar-refractivity contribution in [1.29, 1.82) is 0 Å². The van der Waals surface area contributed by atoms with Crippen molar-refractivity contribution in [3.63, 3.8) is 0 Å². The second-order valence-corrected chi connectivity index (χ2v) is 5.66. The summed E-state index contributed by atoms with van der Waals surface area (Å²) >= 11 is 6.87. The molecular weight excluding hydrogens is 276 g/mol. The van der Waals surface area contributed by atoms with Gasteiger partial charge in [0.2, 0.25) is 0 Å². The largest absolute Gasteiger partial charge is 0.350 e. The number of carbonyl (C=O) groups is 1. The Labute approximate surface area is 123 Å². The molecule has 100 valence electrons. The monoisotopic (exact) mass is 292 g/mol. The van der Waals surface area contributed by atoms with E-state index in [2.05, 4.69) is 24.0 Å². The van der Waals surface area contributed by atoms with Crippen molar-refractivity contribution >= 4 is 35.0 Å². The summed E-state index contributed by atoms with van der Waals surface area (Å²) in [5, 5.41) is 3.57. The topological polar surface area (TPSA) is 32.3 Å². The molecule has 1 fully saturated rings. The molecule has 1 amide bonds. The molecule has 1 aliphatic rings. The summed E-state index contributed by atoms with van der Waals surface area (Å²) in [6, 6.07) is 10.0. The molecule has 1 aliphatic heterocycles. The van der Waals surface area contributed by atoms with Crippen LogP contribution in [0.4, 0.5) is 0 Å². The lowest BCUT2D eigenvalue weighted by molar-refractivity contribution is -0.126. The maximum atomic E-state index is 12.1. The van der Waals surface area contributed by atoms with Gasteiger partial charge in [0.25, 0.3) is 5.91 Å². The Hall–Kier alpha value is -1.33. The zero-order chi connectivity index (χ0) is 13.7. The summed E-state index contributed by atoms with van der Waals surface area (Å²) in [5.41, 5.74) is 1.27. The van der Waals surface area contributed by atoms with Gasteiger partial charge >= 0.3 is 0 Å². The summed E-state index contributed by atoms with van der Waals surface area (Å²) in [6.07, 6.45) is 1.69. The highest BCUT2D eigenvalue weighted by atomic mass is 32.2. The van der Waals surface area contributed by atoms with E-state index < -0.39 is 0 Å². The van der Waals surface area contributed by atoms with Gasteiger partial charge in [-0.1, -0.05) is 36.4 Å². The molecule has 5 heteroatoms. The van der Waals surface area contributed by atoms with Crippen molar-refractivity contribution in [1.82, 2.24) is 10.2 Å². The number of nitrogens with zero attached hydrogens (tertiary/aromatic N) is 1. The molecule has 0 spiro atoms. The first-order valence-corrected chi connectivity index (χ1v) is 7.63. The van der Waals surface area contributed by atoms with E-state index in [0.29, 0.717) is 11.7 Å². The molecule has 1 atom stereocenters. The third-order valence-electron chi connectivity index (χ3n) is 2.81. The number of rotatable bonds is 6. The van der Waals surface area contributed by atoms with Gasteiger partial charge in [0.1, 0.15) is 6.04 Å². The minimum Gasteiger partial charge on any atom is -0.350 e. The summed E-state index contributed by atoms with van der Waals surface area (Å²) in [6.45, 7) is 4.11. The van der Waals surface area contributed by atoms with Gasteiger partial charge in [-0.25, -0.2) is 0 Å². The van der Waals surface area contributed by atoms with E-state index >= 15 is 0 Å². The quantitative estimate of drug-likeness (QED) is 0.643. The normalized spacial score (nSPS) is 18.5. The smallest absolute Gasteiger partial charge is 0.252 e. The molecule has 1 unspecified atom stereocenters. The van der Waals surface area contributed by atoms with E-state index in [0.717, 1.165) is 11.5 Å². The molecule has 0 aromatic heterocycles. The van der Waals surface area contributed by atoms with Crippen LogP contribution in [0.5, 0.6) is 0 Å². The van der Waals surface area contributed by atoms with E-state index in [1.54, 1.807) is 22.7 Å². The van der Waals surface area contributed by atoms with Crippen molar-refractivity contribution in [3.8, 4) is 0 Å². The number of carbonyl (C=O) groups excluding carboxylic acids is 1. The van der Waals surface area contributed by atoms with Crippen LogP contribution in [-0.2, 0) is 10.5 Å². The van der Waals surface area contributed by atoms with Gasteiger partial charge in [-0.2, -0.15) is 11.8 Å². The van der Waals surface area contributed by atoms with Crippen molar-refractivity contribution in [2.24, 2.45) is 0 Å². The molecule has 0 aliphatic carbocycles. The van der Waals surface area contributed by atoms with Crippen molar-refractivity contribution in [2.75, 3.05) is 12.3 Å². The van der Waals surface area contributed by atoms with Crippen LogP contribution in [0, 0.1) is 0 Å². The summed E-state index contributed by atoms with van der Waals surface area (Å²) in [4.78, 5) is 13.6. The second-order valence-electron chi connectivity index (χ2n) is 4.24. The van der Waals surface area contributed by atoms with Crippen LogP contribution in [0.25, 0.3) is 0 Å². The fourth-order valence-corrected chi connectivity index (χ4v) is 3.18. The third-order valence-corrected chi connectivity index (χ3v) is 4.26. The number of benzene rings is 1. The third kappa shape index (κ3) is 3.58. The molecule has 0 bridgehead atoms. The van der Waals surface area contributed by atoms with Crippen LogP contribution in [0.15, 0.2) is 43.0 Å². The number of thiocarbonyl (C=S) groups is 1. The van der Waals surface area contributed by atoms with Crippen LogP contribution in [0.1, 0.15) is 5.56 Å². The van der Waals surface area contributed by atoms with Crippen molar-refractivity contribution < 1.29 is 4.79 Å². The lowest BCUT2D eigenvalue weighted by atomic mass is 10.2. The van der Waals surface area contributed by atoms with Crippen LogP contribution in [0.2, 0.25) is 0 Å². The van der Waals surface area contributed by atoms with Crippen LogP contribution >= 0.6 is 24.0 Å². The Morgan fingerprint density at radius 1 is 1.42 bits per heavy atom. The molecule has 1 aromatic carbocycles. The average molecular weight is 292 g/mol. The fraction of sp³-hybridized carbons (Fsp3) is 0.286. The molecule has 1 heterocycles. The molecule has 1 N–H and O–H groups in total. The lowest BCUT2D eigenvalue weighted by Gasteiger charge is -2.11. The zero-order valence-corrected chi connectivity index (χ0v) is 12.2. The predicted molar refractivity (Wildman–Crippen MR) is 84.0 cm³/mol. The number of thioether (sulfide) groups is 1. The molecule has 1 saturated heterocycles. The van der Waals surface area contributed by atoms with Gasteiger partial charge in [0.15, 0.2) is 5.11 Å². The van der Waals surface area contributed by atoms with Crippen molar-refractivity contribution in [3.05, 3.63) is 48.6 Å². The van der Waals surface area contributed by atoms with E-state index in [-0.39, 0.29) is 11.9 Å². The molecule has 3 nitrogen and oxygen atoms in total. The Bertz CT molecular complexity index is 476. The van der Waals surface area contributed by atoms with Gasteiger partial charge < -0.3 is 5.32 Å². The highest BCUT2D eigenvalue weighted by Gasteiger charge is 2.34. The Kier molecular flexibility index (Phi) is 4.99. The van der Waals surface area contributed by atoms with Crippen molar-refractivity contribution in [2.45, 2.75) is 11.8 Å². The highest BCUT2D eigenvalue weighted by molar-refractivity contribution is 7.98. The van der Waals surface area contributed by atoms with E-state index in [1.165, 1.54) is 5.56 Å². The van der Waals surface area contributed by atoms with E-state index in [1.807, 2.05) is 18.2 Å². The molecule has 2 rings (SSSR count). The zero-order valence-electron chi connectivity index (χ0n) is 10.5. The number of amides is 1. The van der Waals surface area contributed by atoms with Crippen LogP contribution < -0.4 is 5.32 Å². The maximum Gasteiger partial charge on any atom is 0.252 e. The molecular formula is C14H16N2OS2. The lowest BCUT2D eigenvalue weighted by Crippen LogP contribution is -2.32. The van der Waals surface area contributed by atoms with Gasteiger partial charge in [0.05, 0.1) is 0 Å². The Morgan fingerprint density at radius 2 is 2.16 bits per heavy atom. The number of nitrogens with one attached hydrogen (secondary N) is 1. The fourth-order valence-electron chi connectivity index (χ4n) is 1.86. The molecule has 19 heavy (non-hydrogen) atoms. The SMILES string of the molecule is C=CCN1C(=O)C(CSCc2ccccc2)NC1=S. The van der Waals surface area contributed by atoms with Crippen LogP contribution in [-0.4, -0.2) is 34.3 Å². The van der Waals surface area contributed by atoms with Gasteiger partial charge in [-0.15, -0.1) is 6.58 Å². The van der Waals surface area contributed by atoms with E-state index in [9.17, 15) is 4.79 Å². The summed E-state index contributed by atoms with van der Waals surface area (Å²) in [7, 11) is 0. The summed E-state index contributed by atoms with van der Waals surface area (Å²) in [5.74, 6) is 1.67. The molecule has 1 aromatic rings. The Morgan fingerprint density at radius 3 is 2.84 bits per heavy atom. The Balaban J connectivity index is 1.82. The number of hydrogen-bond acceptors (Lipinski definition) is 3. The summed E-state index contributed by atoms with van der Waals surface area (Å²) < 4.78 is 0. The first-order valence-electron chi connectivity index (χ1n) is 6.07. The molecule has 0 radical (unpaired) electrons. The highest BCUT2D eigenvalue weighted by Crippen LogP contribution is 2.16. The molecule has 0 saturated carbocycles. The second kappa shape index (κ2) is 6.73. The van der Waals surface area contributed by atoms with Crippen LogP contribution in [0.3, 0.4) is 0 Å². The first-order chi connectivity index (χ1) is 9.22. The van der Waals surface area contributed by atoms with Gasteiger partial charge in [0, 0.05) is 18.1 Å². The standard InChI is InChI=1S/C14H16N2OS2/c1-2-8-16-13(17)12(15-14(16)18)10-19-9-11-6-4-3-5-7-11/h2-7,12H,1,8-10H2,(H,15,18). The minimum absolute atomic E-state index is 0.0467.